The molecule has 0 unspecified atom stereocenters. The van der Waals surface area contributed by atoms with E-state index in [9.17, 15) is 0 Å². The van der Waals surface area contributed by atoms with Gasteiger partial charge in [0.25, 0.3) is 0 Å². The number of anilines is 1. The Kier molecular flexibility index (Phi) is 3.01. The molecule has 2 aromatic rings. The molecule has 0 bridgehead atoms. The minimum Gasteiger partial charge on any atom is -0.372 e. The number of hydrogen-bond donors (Lipinski definition) is 2. The van der Waals surface area contributed by atoms with Gasteiger partial charge in [-0.05, 0) is 24.1 Å². The lowest BCUT2D eigenvalue weighted by atomic mass is 10.0. The summed E-state index contributed by atoms with van der Waals surface area (Å²) in [5.41, 5.74) is 3.61. The molecule has 0 fully saturated rings. The summed E-state index contributed by atoms with van der Waals surface area (Å²) in [4.78, 5) is 0. The molecular weight excluding hydrogens is 220 g/mol. The summed E-state index contributed by atoms with van der Waals surface area (Å²) >= 11 is 0. The Balaban J connectivity index is 1.95. The van der Waals surface area contributed by atoms with Crippen molar-refractivity contribution in [3.8, 4) is 11.1 Å². The molecule has 3 rings (SSSR count). The number of para-hydroxylation sites is 1. The number of hydrogen-bond acceptors (Lipinski definition) is 2. The summed E-state index contributed by atoms with van der Waals surface area (Å²) in [6.45, 7) is 1.02. The molecule has 2 nitrogen and oxygen atoms in total. The van der Waals surface area contributed by atoms with Gasteiger partial charge in [-0.1, -0.05) is 48.5 Å². The first-order chi connectivity index (χ1) is 8.93. The minimum absolute atomic E-state index is 1.02. The highest BCUT2D eigenvalue weighted by atomic mass is 15.1. The van der Waals surface area contributed by atoms with Crippen molar-refractivity contribution >= 4 is 5.69 Å². The van der Waals surface area contributed by atoms with Gasteiger partial charge < -0.3 is 10.6 Å². The fourth-order valence-corrected chi connectivity index (χ4v) is 2.20. The second-order valence-corrected chi connectivity index (χ2v) is 4.37. The van der Waals surface area contributed by atoms with Crippen LogP contribution in [0.4, 0.5) is 5.69 Å². The first-order valence-electron chi connectivity index (χ1n) is 6.29. The molecule has 2 heteroatoms. The second-order valence-electron chi connectivity index (χ2n) is 4.37. The summed E-state index contributed by atoms with van der Waals surface area (Å²) in [6.07, 6.45) is 3.29. The van der Waals surface area contributed by atoms with Gasteiger partial charge in [-0.25, -0.2) is 0 Å². The van der Waals surface area contributed by atoms with Gasteiger partial charge in [0.2, 0.25) is 0 Å². The molecule has 1 aliphatic heterocycles. The Hall–Kier alpha value is -2.22. The van der Waals surface area contributed by atoms with E-state index < -0.39 is 0 Å². The molecule has 0 saturated carbocycles. The van der Waals surface area contributed by atoms with Crippen LogP contribution in [0, 0.1) is 0 Å². The van der Waals surface area contributed by atoms with Crippen LogP contribution in [-0.4, -0.2) is 6.54 Å². The van der Waals surface area contributed by atoms with Gasteiger partial charge in [0.1, 0.15) is 0 Å². The third kappa shape index (κ3) is 2.23. The standard InChI is InChI=1S/C16H16N2/c1-2-7-13(8-3-1)14-9-4-5-10-15(14)18-16-11-6-12-17-16/h1-5,7-11,17-18H,6,12H2. The Morgan fingerprint density at radius 3 is 2.44 bits per heavy atom. The topological polar surface area (TPSA) is 24.1 Å². The highest BCUT2D eigenvalue weighted by molar-refractivity contribution is 5.78. The van der Waals surface area contributed by atoms with Crippen molar-refractivity contribution in [2.45, 2.75) is 6.42 Å². The monoisotopic (exact) mass is 236 g/mol. The molecule has 0 atom stereocenters. The van der Waals surface area contributed by atoms with E-state index in [2.05, 4.69) is 65.2 Å². The maximum Gasteiger partial charge on any atom is 0.0991 e. The van der Waals surface area contributed by atoms with Crippen molar-refractivity contribution in [3.63, 3.8) is 0 Å². The van der Waals surface area contributed by atoms with Gasteiger partial charge in [0, 0.05) is 17.8 Å². The summed E-state index contributed by atoms with van der Waals surface area (Å²) in [5.74, 6) is 1.11. The van der Waals surface area contributed by atoms with E-state index >= 15 is 0 Å². The third-order valence-corrected chi connectivity index (χ3v) is 3.09. The van der Waals surface area contributed by atoms with E-state index in [1.807, 2.05) is 6.07 Å². The van der Waals surface area contributed by atoms with Crippen LogP contribution in [0.5, 0.6) is 0 Å². The fourth-order valence-electron chi connectivity index (χ4n) is 2.20. The van der Waals surface area contributed by atoms with Gasteiger partial charge in [-0.3, -0.25) is 0 Å². The van der Waals surface area contributed by atoms with Crippen molar-refractivity contribution in [1.82, 2.24) is 5.32 Å². The van der Waals surface area contributed by atoms with Gasteiger partial charge in [0.15, 0.2) is 0 Å². The Bertz CT molecular complexity index is 558. The van der Waals surface area contributed by atoms with Crippen LogP contribution >= 0.6 is 0 Å². The van der Waals surface area contributed by atoms with Crippen LogP contribution in [0.15, 0.2) is 66.5 Å². The minimum atomic E-state index is 1.02. The van der Waals surface area contributed by atoms with Crippen molar-refractivity contribution in [2.24, 2.45) is 0 Å². The lowest BCUT2D eigenvalue weighted by Crippen LogP contribution is -2.14. The van der Waals surface area contributed by atoms with E-state index in [4.69, 9.17) is 0 Å². The molecule has 0 aliphatic carbocycles. The van der Waals surface area contributed by atoms with Crippen LogP contribution in [0.25, 0.3) is 11.1 Å². The Morgan fingerprint density at radius 2 is 1.67 bits per heavy atom. The summed E-state index contributed by atoms with van der Waals surface area (Å²) < 4.78 is 0. The molecule has 0 aromatic heterocycles. The van der Waals surface area contributed by atoms with E-state index in [1.54, 1.807) is 0 Å². The molecule has 90 valence electrons. The first-order valence-corrected chi connectivity index (χ1v) is 6.29. The quantitative estimate of drug-likeness (QED) is 0.850. The average Bonchev–Trinajstić information content (AvgIpc) is 2.93. The smallest absolute Gasteiger partial charge is 0.0991 e. The Morgan fingerprint density at radius 1 is 0.889 bits per heavy atom. The number of rotatable bonds is 3. The molecule has 18 heavy (non-hydrogen) atoms. The molecule has 1 aliphatic rings. The highest BCUT2D eigenvalue weighted by Gasteiger charge is 2.07. The van der Waals surface area contributed by atoms with Crippen LogP contribution in [0.1, 0.15) is 6.42 Å². The van der Waals surface area contributed by atoms with Gasteiger partial charge in [-0.2, -0.15) is 0 Å². The molecule has 0 amide bonds. The lowest BCUT2D eigenvalue weighted by molar-refractivity contribution is 0.879. The van der Waals surface area contributed by atoms with Crippen LogP contribution in [0.3, 0.4) is 0 Å². The van der Waals surface area contributed by atoms with Crippen molar-refractivity contribution in [1.29, 1.82) is 0 Å². The van der Waals surface area contributed by atoms with E-state index in [-0.39, 0.29) is 0 Å². The molecule has 2 N–H and O–H groups in total. The van der Waals surface area contributed by atoms with Gasteiger partial charge in [0.05, 0.1) is 5.82 Å². The van der Waals surface area contributed by atoms with Crippen LogP contribution < -0.4 is 10.6 Å². The molecule has 2 aromatic carbocycles. The third-order valence-electron chi connectivity index (χ3n) is 3.09. The zero-order valence-corrected chi connectivity index (χ0v) is 10.2. The lowest BCUT2D eigenvalue weighted by Gasteiger charge is -2.13. The zero-order chi connectivity index (χ0) is 12.2. The predicted octanol–water partition coefficient (Wildman–Crippen LogP) is 3.60. The highest BCUT2D eigenvalue weighted by Crippen LogP contribution is 2.28. The number of benzene rings is 2. The maximum atomic E-state index is 3.46. The fraction of sp³-hybridized carbons (Fsp3) is 0.125. The largest absolute Gasteiger partial charge is 0.372 e. The molecular formula is C16H16N2. The van der Waals surface area contributed by atoms with Crippen LogP contribution in [0.2, 0.25) is 0 Å². The predicted molar refractivity (Wildman–Crippen MR) is 76.2 cm³/mol. The van der Waals surface area contributed by atoms with Crippen LogP contribution in [-0.2, 0) is 0 Å². The van der Waals surface area contributed by atoms with E-state index in [0.717, 1.165) is 24.5 Å². The summed E-state index contributed by atoms with van der Waals surface area (Å²) in [7, 11) is 0. The zero-order valence-electron chi connectivity index (χ0n) is 10.2. The molecule has 0 radical (unpaired) electrons. The number of nitrogens with one attached hydrogen (secondary N) is 2. The van der Waals surface area contributed by atoms with Gasteiger partial charge in [-0.15, -0.1) is 0 Å². The van der Waals surface area contributed by atoms with Crippen molar-refractivity contribution < 1.29 is 0 Å². The SMILES string of the molecule is C1=C(Nc2ccccc2-c2ccccc2)NCC1. The molecule has 0 saturated heterocycles. The van der Waals surface area contributed by atoms with E-state index in [1.165, 1.54) is 11.1 Å². The molecule has 0 spiro atoms. The summed E-state index contributed by atoms with van der Waals surface area (Å²) in [6, 6.07) is 18.8. The van der Waals surface area contributed by atoms with Crippen molar-refractivity contribution in [2.75, 3.05) is 11.9 Å². The maximum absolute atomic E-state index is 3.46. The van der Waals surface area contributed by atoms with Gasteiger partial charge >= 0.3 is 0 Å². The molecule has 1 heterocycles. The van der Waals surface area contributed by atoms with E-state index in [0.29, 0.717) is 0 Å². The average molecular weight is 236 g/mol. The Labute approximate surface area is 107 Å². The normalized spacial score (nSPS) is 13.9. The van der Waals surface area contributed by atoms with Crippen molar-refractivity contribution in [3.05, 3.63) is 66.5 Å². The first kappa shape index (κ1) is 10.9. The second kappa shape index (κ2) is 4.96. The summed E-state index contributed by atoms with van der Waals surface area (Å²) in [5, 5.41) is 6.79.